The van der Waals surface area contributed by atoms with Crippen LogP contribution in [0.25, 0.3) is 0 Å². The van der Waals surface area contributed by atoms with E-state index >= 15 is 0 Å². The predicted molar refractivity (Wildman–Crippen MR) is 32.2 cm³/mol. The van der Waals surface area contributed by atoms with E-state index in [1.54, 1.807) is 0 Å². The lowest BCUT2D eigenvalue weighted by Gasteiger charge is -1.53. The molecule has 1 nitrogen and oxygen atoms in total. The van der Waals surface area contributed by atoms with Crippen molar-refractivity contribution < 1.29 is 14.1 Å². The molecule has 2 N–H and O–H groups in total. The Hall–Kier alpha value is -0.185. The Bertz CT molecular complexity index is 12.9. The van der Waals surface area contributed by atoms with Crippen molar-refractivity contribution in [3.05, 3.63) is 0 Å². The molecule has 0 amide bonds. The van der Waals surface area contributed by atoms with Crippen molar-refractivity contribution in [1.82, 2.24) is 0 Å². The van der Waals surface area contributed by atoms with Crippen LogP contribution in [0.1, 0.15) is 6.92 Å². The molecule has 50 valence electrons. The molecule has 0 saturated heterocycles. The van der Waals surface area contributed by atoms with Gasteiger partial charge in [-0.2, -0.15) is 0 Å². The summed E-state index contributed by atoms with van der Waals surface area (Å²) in [5.74, 6) is 0. The van der Waals surface area contributed by atoms with Crippen LogP contribution in [-0.4, -0.2) is 15.0 Å². The number of rotatable bonds is 0. The lowest BCUT2D eigenvalue weighted by Crippen LogP contribution is -1.87. The Morgan fingerprint density at radius 3 is 1.14 bits per heavy atom. The maximum absolute atomic E-state index is 4.85. The molecule has 7 heavy (non-hydrogen) atoms. The molecule has 0 aromatic heterocycles. The van der Waals surface area contributed by atoms with E-state index in [0.29, 0.717) is 0 Å². The molecule has 0 aliphatic carbocycles. The third-order valence-corrected chi connectivity index (χ3v) is 0. The summed E-state index contributed by atoms with van der Waals surface area (Å²) in [6.07, 6.45) is 0. The van der Waals surface area contributed by atoms with Gasteiger partial charge in [0.05, 0.1) is 8.41 Å². The minimum Gasteiger partial charge on any atom is -0.331 e. The molecule has 0 heterocycles. The largest absolute Gasteiger partial charge is 0.331 e. The first-order valence-electron chi connectivity index (χ1n) is 1.12. The van der Waals surface area contributed by atoms with Gasteiger partial charge in [0.2, 0.25) is 0 Å². The van der Waals surface area contributed by atoms with Gasteiger partial charge in [0.1, 0.15) is 0 Å². The second-order valence-electron chi connectivity index (χ2n) is 0.408. The molecule has 0 aliphatic rings. The van der Waals surface area contributed by atoms with E-state index in [2.05, 4.69) is 0 Å². The third kappa shape index (κ3) is 2470. The van der Waals surface area contributed by atoms with Gasteiger partial charge in [0.15, 0.2) is 0 Å². The van der Waals surface area contributed by atoms with Crippen LogP contribution in [-0.2, 0) is 0 Å². The van der Waals surface area contributed by atoms with E-state index in [0.717, 1.165) is 6.54 Å². The van der Waals surface area contributed by atoms with Gasteiger partial charge in [-0.05, 0) is 6.54 Å². The van der Waals surface area contributed by atoms with E-state index in [9.17, 15) is 0 Å². The zero-order chi connectivity index (χ0) is 2.71. The minimum absolute atomic E-state index is 0. The summed E-state index contributed by atoms with van der Waals surface area (Å²) < 4.78 is 0. The van der Waals surface area contributed by atoms with Crippen molar-refractivity contribution in [1.29, 1.82) is 0 Å². The molecule has 0 fully saturated rings. The number of nitrogens with two attached hydrogens (primary N) is 1. The van der Waals surface area contributed by atoms with Crippen LogP contribution in [0.5, 0.6) is 0 Å². The Balaban J connectivity index is -0.00000000333. The summed E-state index contributed by atoms with van der Waals surface area (Å²) in [6, 6.07) is 0. The smallest absolute Gasteiger partial charge is 0.0814 e. The van der Waals surface area contributed by atoms with Crippen LogP contribution in [0, 0.1) is 0 Å². The highest BCUT2D eigenvalue weighted by atomic mass is 19.0. The van der Waals surface area contributed by atoms with Crippen molar-refractivity contribution in [2.24, 2.45) is 5.73 Å². The SMILES string of the molecule is B.CCN.F.F.F. The van der Waals surface area contributed by atoms with Crippen LogP contribution in [0.3, 0.4) is 0 Å². The van der Waals surface area contributed by atoms with Crippen LogP contribution < -0.4 is 5.73 Å². The number of halogens is 3. The van der Waals surface area contributed by atoms with E-state index in [4.69, 9.17) is 5.73 Å². The van der Waals surface area contributed by atoms with Gasteiger partial charge < -0.3 is 5.73 Å². The van der Waals surface area contributed by atoms with Crippen LogP contribution in [0.2, 0.25) is 0 Å². The number of hydrogen-bond donors (Lipinski definition) is 1. The molecule has 0 saturated carbocycles. The van der Waals surface area contributed by atoms with Gasteiger partial charge in [-0.1, -0.05) is 6.92 Å². The first-order valence-corrected chi connectivity index (χ1v) is 1.12. The maximum atomic E-state index is 4.85. The minimum atomic E-state index is 0. The topological polar surface area (TPSA) is 26.0 Å². The van der Waals surface area contributed by atoms with E-state index < -0.39 is 0 Å². The van der Waals surface area contributed by atoms with E-state index in [1.165, 1.54) is 0 Å². The highest BCUT2D eigenvalue weighted by Crippen LogP contribution is 1.20. The monoisotopic (exact) mass is 119 g/mol. The first-order chi connectivity index (χ1) is 1.41. The molecule has 0 unspecified atom stereocenters. The molecule has 0 aromatic carbocycles. The fourth-order valence-electron chi connectivity index (χ4n) is 0. The highest BCUT2D eigenvalue weighted by molar-refractivity contribution is 5.75. The standard InChI is InChI=1S/C2H7N.BH3.3FH/c1-2-3;;;;/h2-3H2,1H3;1H3;3*1H. The summed E-state index contributed by atoms with van der Waals surface area (Å²) in [7, 11) is 0. The van der Waals surface area contributed by atoms with E-state index in [1.807, 2.05) is 6.92 Å². The van der Waals surface area contributed by atoms with Gasteiger partial charge in [0.25, 0.3) is 0 Å². The zero-order valence-electron chi connectivity index (χ0n) is 3.51. The van der Waals surface area contributed by atoms with Crippen molar-refractivity contribution in [3.63, 3.8) is 0 Å². The zero-order valence-corrected chi connectivity index (χ0v) is 3.51. The molecule has 0 aromatic rings. The highest BCUT2D eigenvalue weighted by Gasteiger charge is 1.32. The van der Waals surface area contributed by atoms with Crippen molar-refractivity contribution in [2.75, 3.05) is 6.54 Å². The van der Waals surface area contributed by atoms with Gasteiger partial charge in [-0.15, -0.1) is 0 Å². The van der Waals surface area contributed by atoms with Crippen molar-refractivity contribution in [2.45, 2.75) is 6.92 Å². The van der Waals surface area contributed by atoms with Crippen LogP contribution in [0.4, 0.5) is 14.1 Å². The van der Waals surface area contributed by atoms with Gasteiger partial charge >= 0.3 is 0 Å². The lowest BCUT2D eigenvalue weighted by atomic mass is 10.8. The third-order valence-electron chi connectivity index (χ3n) is 0. The molecular weight excluding hydrogens is 106 g/mol. The van der Waals surface area contributed by atoms with Crippen molar-refractivity contribution in [3.8, 4) is 0 Å². The Labute approximate surface area is 43.0 Å². The normalized spacial score (nSPS) is 2.57. The summed E-state index contributed by atoms with van der Waals surface area (Å²) in [5.41, 5.74) is 4.85. The second-order valence-corrected chi connectivity index (χ2v) is 0.408. The van der Waals surface area contributed by atoms with Gasteiger partial charge in [-0.3, -0.25) is 14.1 Å². The van der Waals surface area contributed by atoms with Crippen LogP contribution in [0.15, 0.2) is 0 Å². The molecular formula is C2H13BF3N. The maximum Gasteiger partial charge on any atom is 0.0814 e. The fourth-order valence-corrected chi connectivity index (χ4v) is 0. The molecule has 0 atom stereocenters. The van der Waals surface area contributed by atoms with E-state index in [-0.39, 0.29) is 22.5 Å². The average molecular weight is 119 g/mol. The van der Waals surface area contributed by atoms with Crippen LogP contribution >= 0.6 is 0 Å². The van der Waals surface area contributed by atoms with Crippen molar-refractivity contribution >= 4 is 8.41 Å². The first kappa shape index (κ1) is 70.0. The second kappa shape index (κ2) is 203. The summed E-state index contributed by atoms with van der Waals surface area (Å²) in [5, 5.41) is 0. The molecule has 5 heteroatoms. The van der Waals surface area contributed by atoms with Gasteiger partial charge in [-0.25, -0.2) is 0 Å². The average Bonchev–Trinajstić information content (AvgIpc) is 0.918. The number of hydrogen-bond acceptors (Lipinski definition) is 1. The Kier molecular flexibility index (Phi) is 2030. The molecule has 0 spiro atoms. The summed E-state index contributed by atoms with van der Waals surface area (Å²) in [6.45, 7) is 2.65. The molecule has 0 aliphatic heterocycles. The lowest BCUT2D eigenvalue weighted by molar-refractivity contribution is 1.11. The fraction of sp³-hybridized carbons (Fsp3) is 1.00. The quantitative estimate of drug-likeness (QED) is 0.416. The summed E-state index contributed by atoms with van der Waals surface area (Å²) in [4.78, 5) is 0. The summed E-state index contributed by atoms with van der Waals surface area (Å²) >= 11 is 0. The van der Waals surface area contributed by atoms with Gasteiger partial charge in [0, 0.05) is 0 Å². The Morgan fingerprint density at radius 2 is 1.14 bits per heavy atom. The molecule has 0 bridgehead atoms. The Morgan fingerprint density at radius 1 is 1.14 bits per heavy atom. The molecule has 0 radical (unpaired) electrons. The predicted octanol–water partition coefficient (Wildman–Crippen LogP) is -0.761. The molecule has 0 rings (SSSR count).